The molecule has 3 atom stereocenters. The number of imide groups is 1. The third kappa shape index (κ3) is 1.91. The minimum absolute atomic E-state index is 0.108. The fraction of sp³-hybridized carbons (Fsp3) is 0.455. The first kappa shape index (κ1) is 11.0. The first-order chi connectivity index (χ1) is 7.61. The van der Waals surface area contributed by atoms with Crippen molar-refractivity contribution in [2.24, 2.45) is 5.92 Å². The van der Waals surface area contributed by atoms with E-state index in [1.807, 2.05) is 0 Å². The number of carbonyl (C=O) groups excluding carboxylic acids is 2. The van der Waals surface area contributed by atoms with Gasteiger partial charge in [0.1, 0.15) is 0 Å². The molecule has 16 heavy (non-hydrogen) atoms. The van der Waals surface area contributed by atoms with Crippen molar-refractivity contribution in [3.05, 3.63) is 23.8 Å². The lowest BCUT2D eigenvalue weighted by molar-refractivity contribution is -0.134. The van der Waals surface area contributed by atoms with Gasteiger partial charge >= 0.3 is 0 Å². The molecule has 2 heterocycles. The van der Waals surface area contributed by atoms with Crippen LogP contribution in [0.1, 0.15) is 6.92 Å². The van der Waals surface area contributed by atoms with E-state index in [1.165, 1.54) is 0 Å². The summed E-state index contributed by atoms with van der Waals surface area (Å²) >= 11 is 0. The number of ether oxygens (including phenoxy) is 1. The first-order valence-electron chi connectivity index (χ1n) is 5.10. The van der Waals surface area contributed by atoms with Gasteiger partial charge in [-0.2, -0.15) is 0 Å². The number of aliphatic hydroxyl groups is 1. The molecule has 0 bridgehead atoms. The minimum Gasteiger partial charge on any atom is -0.393 e. The Morgan fingerprint density at radius 2 is 2.19 bits per heavy atom. The highest BCUT2D eigenvalue weighted by Crippen LogP contribution is 2.23. The van der Waals surface area contributed by atoms with E-state index in [4.69, 9.17) is 9.84 Å². The highest BCUT2D eigenvalue weighted by Gasteiger charge is 2.34. The lowest BCUT2D eigenvalue weighted by Crippen LogP contribution is -2.44. The van der Waals surface area contributed by atoms with Crippen LogP contribution in [-0.4, -0.2) is 35.7 Å². The fourth-order valence-electron chi connectivity index (χ4n) is 1.79. The Hall–Kier alpha value is -1.46. The second-order valence-electron chi connectivity index (χ2n) is 3.90. The molecule has 2 amide bonds. The molecule has 0 aliphatic carbocycles. The molecule has 5 nitrogen and oxygen atoms in total. The number of hydrogen-bond donors (Lipinski definition) is 2. The van der Waals surface area contributed by atoms with Crippen LogP contribution in [0.4, 0.5) is 0 Å². The van der Waals surface area contributed by atoms with Gasteiger partial charge in [-0.15, -0.1) is 0 Å². The second kappa shape index (κ2) is 4.19. The largest absolute Gasteiger partial charge is 0.393 e. The highest BCUT2D eigenvalue weighted by atomic mass is 16.5. The van der Waals surface area contributed by atoms with Crippen molar-refractivity contribution in [2.75, 3.05) is 6.61 Å². The maximum atomic E-state index is 11.6. The molecule has 3 unspecified atom stereocenters. The Morgan fingerprint density at radius 1 is 1.44 bits per heavy atom. The molecule has 0 aromatic carbocycles. The molecular weight excluding hydrogens is 210 g/mol. The van der Waals surface area contributed by atoms with Gasteiger partial charge in [0.15, 0.2) is 0 Å². The van der Waals surface area contributed by atoms with E-state index in [9.17, 15) is 9.59 Å². The van der Waals surface area contributed by atoms with Crippen LogP contribution in [-0.2, 0) is 14.3 Å². The molecule has 0 saturated heterocycles. The van der Waals surface area contributed by atoms with Gasteiger partial charge in [-0.05, 0) is 6.92 Å². The third-order valence-electron chi connectivity index (χ3n) is 2.71. The first-order valence-corrected chi connectivity index (χ1v) is 5.10. The van der Waals surface area contributed by atoms with Crippen LogP contribution in [0.5, 0.6) is 0 Å². The van der Waals surface area contributed by atoms with Gasteiger partial charge in [-0.25, -0.2) is 0 Å². The van der Waals surface area contributed by atoms with Gasteiger partial charge in [0.2, 0.25) is 5.91 Å². The van der Waals surface area contributed by atoms with Crippen LogP contribution in [0.3, 0.4) is 0 Å². The van der Waals surface area contributed by atoms with Gasteiger partial charge in [0.05, 0.1) is 24.7 Å². The van der Waals surface area contributed by atoms with E-state index < -0.39 is 12.0 Å². The van der Waals surface area contributed by atoms with Crippen molar-refractivity contribution in [1.82, 2.24) is 5.32 Å². The average molecular weight is 223 g/mol. The van der Waals surface area contributed by atoms with E-state index in [-0.39, 0.29) is 24.5 Å². The van der Waals surface area contributed by atoms with Crippen molar-refractivity contribution in [2.45, 2.75) is 19.1 Å². The summed E-state index contributed by atoms with van der Waals surface area (Å²) in [6, 6.07) is 0. The maximum absolute atomic E-state index is 11.6. The summed E-state index contributed by atoms with van der Waals surface area (Å²) in [5.74, 6) is -1.21. The zero-order valence-corrected chi connectivity index (χ0v) is 8.84. The van der Waals surface area contributed by atoms with Gasteiger partial charge in [0.25, 0.3) is 5.91 Å². The second-order valence-corrected chi connectivity index (χ2v) is 3.90. The summed E-state index contributed by atoms with van der Waals surface area (Å²) in [6.45, 7) is 1.54. The van der Waals surface area contributed by atoms with Crippen LogP contribution < -0.4 is 5.32 Å². The van der Waals surface area contributed by atoms with Crippen molar-refractivity contribution in [3.8, 4) is 0 Å². The molecule has 0 aromatic heterocycles. The van der Waals surface area contributed by atoms with Gasteiger partial charge < -0.3 is 9.84 Å². The Bertz CT molecular complexity index is 385. The molecular formula is C11H13NO4. The van der Waals surface area contributed by atoms with Crippen molar-refractivity contribution < 1.29 is 19.4 Å². The number of nitrogens with one attached hydrogen (secondary N) is 1. The summed E-state index contributed by atoms with van der Waals surface area (Å²) in [7, 11) is 0. The van der Waals surface area contributed by atoms with Crippen LogP contribution >= 0.6 is 0 Å². The Labute approximate surface area is 92.8 Å². The molecule has 0 saturated carbocycles. The number of aliphatic hydroxyl groups excluding tert-OH is 1. The molecule has 2 rings (SSSR count). The standard InChI is InChI=1S/C11H13NO4/c1-6-4-8(11(15)12-10(6)14)9-3-2-7(5-13)16-9/h2-4,7-9,13H,5H2,1H3,(H,12,14,15). The SMILES string of the molecule is CC1=CC(C2C=CC(CO)O2)C(=O)NC1=O. The average Bonchev–Trinajstić information content (AvgIpc) is 2.71. The quantitative estimate of drug-likeness (QED) is 0.490. The number of rotatable bonds is 2. The molecule has 0 radical (unpaired) electrons. The van der Waals surface area contributed by atoms with Crippen LogP contribution in [0.15, 0.2) is 23.8 Å². The minimum atomic E-state index is -0.495. The molecule has 0 fully saturated rings. The summed E-state index contributed by atoms with van der Waals surface area (Å²) in [5, 5.41) is 11.2. The maximum Gasteiger partial charge on any atom is 0.253 e. The lowest BCUT2D eigenvalue weighted by Gasteiger charge is -2.23. The highest BCUT2D eigenvalue weighted by molar-refractivity contribution is 6.08. The van der Waals surface area contributed by atoms with Crippen LogP contribution in [0.2, 0.25) is 0 Å². The molecule has 2 aliphatic heterocycles. The van der Waals surface area contributed by atoms with E-state index in [0.29, 0.717) is 5.57 Å². The predicted molar refractivity (Wildman–Crippen MR) is 55.3 cm³/mol. The van der Waals surface area contributed by atoms with Crippen LogP contribution in [0, 0.1) is 5.92 Å². The van der Waals surface area contributed by atoms with Crippen molar-refractivity contribution in [3.63, 3.8) is 0 Å². The van der Waals surface area contributed by atoms with Gasteiger partial charge in [-0.1, -0.05) is 18.2 Å². The summed E-state index contributed by atoms with van der Waals surface area (Å²) < 4.78 is 5.43. The molecule has 0 spiro atoms. The lowest BCUT2D eigenvalue weighted by atomic mass is 9.95. The topological polar surface area (TPSA) is 75.6 Å². The van der Waals surface area contributed by atoms with Gasteiger partial charge in [0, 0.05) is 5.57 Å². The van der Waals surface area contributed by atoms with Crippen LogP contribution in [0.25, 0.3) is 0 Å². The van der Waals surface area contributed by atoms with Gasteiger partial charge in [-0.3, -0.25) is 14.9 Å². The zero-order valence-electron chi connectivity index (χ0n) is 8.84. The van der Waals surface area contributed by atoms with Crippen molar-refractivity contribution >= 4 is 11.8 Å². The summed E-state index contributed by atoms with van der Waals surface area (Å²) in [5.41, 5.74) is 0.508. The fourth-order valence-corrected chi connectivity index (χ4v) is 1.79. The zero-order chi connectivity index (χ0) is 11.7. The number of amides is 2. The Balaban J connectivity index is 2.14. The normalized spacial score (nSPS) is 33.9. The molecule has 2 N–H and O–H groups in total. The number of carbonyl (C=O) groups is 2. The molecule has 0 aromatic rings. The van der Waals surface area contributed by atoms with E-state index in [0.717, 1.165) is 0 Å². The molecule has 86 valence electrons. The Kier molecular flexibility index (Phi) is 2.89. The van der Waals surface area contributed by atoms with E-state index >= 15 is 0 Å². The van der Waals surface area contributed by atoms with E-state index in [2.05, 4.69) is 5.32 Å². The molecule has 5 heteroatoms. The molecule has 2 aliphatic rings. The van der Waals surface area contributed by atoms with E-state index in [1.54, 1.807) is 25.2 Å². The Morgan fingerprint density at radius 3 is 2.81 bits per heavy atom. The number of hydrogen-bond acceptors (Lipinski definition) is 4. The summed E-state index contributed by atoms with van der Waals surface area (Å²) in [6.07, 6.45) is 4.31. The monoisotopic (exact) mass is 223 g/mol. The smallest absolute Gasteiger partial charge is 0.253 e. The summed E-state index contributed by atoms with van der Waals surface area (Å²) in [4.78, 5) is 22.8. The third-order valence-corrected chi connectivity index (χ3v) is 2.71. The predicted octanol–water partition coefficient (Wildman–Crippen LogP) is -0.479. The van der Waals surface area contributed by atoms with Crippen molar-refractivity contribution in [1.29, 1.82) is 0 Å².